The van der Waals surface area contributed by atoms with Crippen LogP contribution in [-0.4, -0.2) is 14.8 Å². The predicted molar refractivity (Wildman–Crippen MR) is 36.2 cm³/mol. The van der Waals surface area contributed by atoms with Gasteiger partial charge in [0.1, 0.15) is 9.80 Å². The Hall–Kier alpha value is -0.580. The van der Waals surface area contributed by atoms with Crippen LogP contribution >= 0.6 is 0 Å². The Morgan fingerprint density at radius 3 is 2.44 bits per heavy atom. The molecule has 1 N–H and O–H groups in total. The summed E-state index contributed by atoms with van der Waals surface area (Å²) in [6, 6.07) is 0. The fourth-order valence-electron chi connectivity index (χ4n) is 0.469. The lowest BCUT2D eigenvalue weighted by atomic mass is 10.5. The smallest absolute Gasteiger partial charge is 0.137 e. The van der Waals surface area contributed by atoms with Gasteiger partial charge in [-0.3, -0.25) is 0 Å². The first-order chi connectivity index (χ1) is 4.27. The molecule has 50 valence electrons. The third-order valence-corrected chi connectivity index (χ3v) is 2.18. The quantitative estimate of drug-likeness (QED) is 0.334. The van der Waals surface area contributed by atoms with Crippen molar-refractivity contribution in [3.63, 3.8) is 0 Å². The Morgan fingerprint density at radius 1 is 1.33 bits per heavy atom. The summed E-state index contributed by atoms with van der Waals surface area (Å²) in [4.78, 5) is 0. The van der Waals surface area contributed by atoms with Gasteiger partial charge < -0.3 is 0 Å². The van der Waals surface area contributed by atoms with E-state index in [1.54, 1.807) is 18.2 Å². The SMILES string of the molecule is O=S1(OO)=CC=CC=C1. The van der Waals surface area contributed by atoms with Crippen molar-refractivity contribution >= 4 is 15.2 Å². The molecule has 1 aliphatic rings. The lowest BCUT2D eigenvalue weighted by Crippen LogP contribution is -2.02. The molecule has 9 heavy (non-hydrogen) atoms. The van der Waals surface area contributed by atoms with E-state index in [4.69, 9.17) is 5.26 Å². The van der Waals surface area contributed by atoms with Crippen LogP contribution in [0.15, 0.2) is 23.6 Å². The molecule has 1 atom stereocenters. The zero-order valence-corrected chi connectivity index (χ0v) is 5.38. The van der Waals surface area contributed by atoms with Gasteiger partial charge in [-0.25, -0.2) is 9.47 Å². The van der Waals surface area contributed by atoms with Crippen molar-refractivity contribution in [2.24, 2.45) is 0 Å². The summed E-state index contributed by atoms with van der Waals surface area (Å²) in [6.07, 6.45) is 4.80. The normalized spacial score (nSPS) is 32.1. The van der Waals surface area contributed by atoms with E-state index in [0.717, 1.165) is 0 Å². The van der Waals surface area contributed by atoms with E-state index in [9.17, 15) is 4.21 Å². The van der Waals surface area contributed by atoms with Gasteiger partial charge in [-0.15, -0.1) is 4.33 Å². The minimum absolute atomic E-state index is 1.30. The average molecular weight is 146 g/mol. The minimum atomic E-state index is -2.66. The Kier molecular flexibility index (Phi) is 1.70. The van der Waals surface area contributed by atoms with Crippen LogP contribution < -0.4 is 0 Å². The van der Waals surface area contributed by atoms with E-state index in [0.29, 0.717) is 0 Å². The largest absolute Gasteiger partial charge is 0.237 e. The molecule has 1 heterocycles. The van der Waals surface area contributed by atoms with Crippen LogP contribution in [0.5, 0.6) is 0 Å². The van der Waals surface area contributed by atoms with Crippen LogP contribution in [0, 0.1) is 0 Å². The maximum atomic E-state index is 10.9. The summed E-state index contributed by atoms with van der Waals surface area (Å²) in [7, 11) is -2.66. The second kappa shape index (κ2) is 2.34. The molecule has 3 nitrogen and oxygen atoms in total. The molecule has 0 aliphatic carbocycles. The average Bonchev–Trinajstić information content (AvgIpc) is 1.90. The summed E-state index contributed by atoms with van der Waals surface area (Å²) in [6.45, 7) is 0. The van der Waals surface area contributed by atoms with Gasteiger partial charge in [0.25, 0.3) is 0 Å². The highest BCUT2D eigenvalue weighted by atomic mass is 32.2. The Labute approximate surface area is 53.4 Å². The van der Waals surface area contributed by atoms with Gasteiger partial charge >= 0.3 is 0 Å². The molecule has 0 radical (unpaired) electrons. The highest BCUT2D eigenvalue weighted by molar-refractivity contribution is 7.99. The van der Waals surface area contributed by atoms with Crippen molar-refractivity contribution in [2.45, 2.75) is 0 Å². The van der Waals surface area contributed by atoms with Crippen molar-refractivity contribution in [3.8, 4) is 0 Å². The molecule has 1 rings (SSSR count). The molecule has 0 aromatic rings. The molecule has 0 aromatic carbocycles. The standard InChI is InChI=1S/C5H6O3S/c6-8-9(7)4-2-1-3-5-9/h1-6H. The number of rotatable bonds is 1. The molecular formula is C5H6O3S. The second-order valence-electron chi connectivity index (χ2n) is 1.51. The van der Waals surface area contributed by atoms with Gasteiger partial charge in [0.05, 0.1) is 0 Å². The number of allylic oxidation sites excluding steroid dienone is 3. The third-order valence-electron chi connectivity index (χ3n) is 0.875. The van der Waals surface area contributed by atoms with Crippen LogP contribution in [0.3, 0.4) is 0 Å². The Bertz CT molecular complexity index is 255. The van der Waals surface area contributed by atoms with Gasteiger partial charge in [0.15, 0.2) is 0 Å². The van der Waals surface area contributed by atoms with Gasteiger partial charge in [-0.1, -0.05) is 18.2 Å². The van der Waals surface area contributed by atoms with E-state index >= 15 is 0 Å². The van der Waals surface area contributed by atoms with Crippen molar-refractivity contribution < 1.29 is 13.8 Å². The molecule has 0 saturated carbocycles. The monoisotopic (exact) mass is 146 g/mol. The Morgan fingerprint density at radius 2 is 2.11 bits per heavy atom. The summed E-state index contributed by atoms with van der Waals surface area (Å²) < 4.78 is 14.6. The summed E-state index contributed by atoms with van der Waals surface area (Å²) in [5.41, 5.74) is 0. The highest BCUT2D eigenvalue weighted by Crippen LogP contribution is 1.98. The summed E-state index contributed by atoms with van der Waals surface area (Å²) in [5, 5.41) is 10.7. The van der Waals surface area contributed by atoms with E-state index in [1.807, 2.05) is 0 Å². The molecule has 0 spiro atoms. The highest BCUT2D eigenvalue weighted by Gasteiger charge is 1.99. The molecule has 4 heteroatoms. The van der Waals surface area contributed by atoms with Crippen LogP contribution in [0.2, 0.25) is 0 Å². The molecule has 0 fully saturated rings. The fraction of sp³-hybridized carbons (Fsp3) is 0. The first kappa shape index (κ1) is 6.54. The number of hydrogen-bond donors (Lipinski definition) is 1. The Balaban J connectivity index is 3.08. The van der Waals surface area contributed by atoms with E-state index in [1.165, 1.54) is 10.8 Å². The van der Waals surface area contributed by atoms with Crippen LogP contribution in [0.1, 0.15) is 0 Å². The zero-order chi connectivity index (χ0) is 6.74. The maximum Gasteiger partial charge on any atom is 0.137 e. The molecule has 0 amide bonds. The molecule has 1 unspecified atom stereocenters. The van der Waals surface area contributed by atoms with Gasteiger partial charge in [-0.05, 0) is 0 Å². The predicted octanol–water partition coefficient (Wildman–Crippen LogP) is 0.561. The van der Waals surface area contributed by atoms with Crippen LogP contribution in [0.25, 0.3) is 0 Å². The van der Waals surface area contributed by atoms with Gasteiger partial charge in [0.2, 0.25) is 0 Å². The molecule has 1 aliphatic heterocycles. The van der Waals surface area contributed by atoms with Gasteiger partial charge in [-0.2, -0.15) is 0 Å². The van der Waals surface area contributed by atoms with Crippen molar-refractivity contribution in [1.82, 2.24) is 0 Å². The first-order valence-electron chi connectivity index (χ1n) is 2.32. The first-order valence-corrected chi connectivity index (χ1v) is 3.93. The topological polar surface area (TPSA) is 46.5 Å². The maximum absolute atomic E-state index is 10.9. The molecule has 0 bridgehead atoms. The lowest BCUT2D eigenvalue weighted by Gasteiger charge is -1.99. The van der Waals surface area contributed by atoms with Crippen LogP contribution in [-0.2, 0) is 14.1 Å². The van der Waals surface area contributed by atoms with E-state index in [-0.39, 0.29) is 0 Å². The summed E-state index contributed by atoms with van der Waals surface area (Å²) >= 11 is 0. The zero-order valence-electron chi connectivity index (χ0n) is 4.56. The second-order valence-corrected chi connectivity index (χ2v) is 3.38. The fourth-order valence-corrected chi connectivity index (χ4v) is 1.28. The van der Waals surface area contributed by atoms with Crippen molar-refractivity contribution in [3.05, 3.63) is 23.6 Å². The molecule has 0 aromatic heterocycles. The van der Waals surface area contributed by atoms with Crippen molar-refractivity contribution in [2.75, 3.05) is 0 Å². The lowest BCUT2D eigenvalue weighted by molar-refractivity contribution is -0.123. The third kappa shape index (κ3) is 1.41. The van der Waals surface area contributed by atoms with E-state index in [2.05, 4.69) is 4.33 Å². The van der Waals surface area contributed by atoms with Gasteiger partial charge in [0, 0.05) is 10.8 Å². The van der Waals surface area contributed by atoms with E-state index < -0.39 is 9.80 Å². The van der Waals surface area contributed by atoms with Crippen LogP contribution in [0.4, 0.5) is 0 Å². The molecular weight excluding hydrogens is 140 g/mol. The summed E-state index contributed by atoms with van der Waals surface area (Å²) in [5.74, 6) is 0. The van der Waals surface area contributed by atoms with Crippen molar-refractivity contribution in [1.29, 1.82) is 0 Å². The minimum Gasteiger partial charge on any atom is -0.237 e. The number of hydrogen-bond acceptors (Lipinski definition) is 3. The molecule has 0 saturated heterocycles.